The van der Waals surface area contributed by atoms with Gasteiger partial charge >= 0.3 is 0 Å². The quantitative estimate of drug-likeness (QED) is 0.774. The Hall–Kier alpha value is -1.23. The highest BCUT2D eigenvalue weighted by molar-refractivity contribution is 5.29. The number of hydrogen-bond donors (Lipinski definition) is 0. The molecule has 5 heteroatoms. The number of rotatable bonds is 5. The maximum absolute atomic E-state index is 12.0. The molecule has 1 aromatic heterocycles. The van der Waals surface area contributed by atoms with Crippen LogP contribution in [0.25, 0.3) is 0 Å². The van der Waals surface area contributed by atoms with Gasteiger partial charge in [-0.3, -0.25) is 4.98 Å². The molecule has 1 heterocycles. The Kier molecular flexibility index (Phi) is 4.61. The van der Waals surface area contributed by atoms with E-state index in [1.54, 1.807) is 12.1 Å². The van der Waals surface area contributed by atoms with Crippen LogP contribution >= 0.6 is 0 Å². The summed E-state index contributed by atoms with van der Waals surface area (Å²) in [6.45, 7) is 1.83. The van der Waals surface area contributed by atoms with Gasteiger partial charge in [-0.1, -0.05) is 0 Å². The number of alkyl halides is 2. The van der Waals surface area contributed by atoms with Crippen molar-refractivity contribution in [2.45, 2.75) is 19.9 Å². The number of nitrogens with zero attached hydrogens (tertiary/aromatic N) is 2. The standard InChI is InChI=1S/C11H16F2N2O/c1-8-4-5-10(16-7-11(12)13)9(14-8)6-15(2)3/h4-5,11H,6-7H2,1-3H3. The summed E-state index contributed by atoms with van der Waals surface area (Å²) in [7, 11) is 3.78. The van der Waals surface area contributed by atoms with E-state index in [1.807, 2.05) is 25.9 Å². The normalized spacial score (nSPS) is 11.2. The van der Waals surface area contributed by atoms with Crippen LogP contribution in [-0.2, 0) is 6.54 Å². The topological polar surface area (TPSA) is 25.4 Å². The molecule has 0 aliphatic carbocycles. The lowest BCUT2D eigenvalue weighted by Gasteiger charge is -2.14. The molecule has 3 nitrogen and oxygen atoms in total. The molecule has 0 N–H and O–H groups in total. The van der Waals surface area contributed by atoms with Crippen LogP contribution < -0.4 is 4.74 Å². The van der Waals surface area contributed by atoms with Crippen molar-refractivity contribution in [3.8, 4) is 5.75 Å². The van der Waals surface area contributed by atoms with E-state index >= 15 is 0 Å². The van der Waals surface area contributed by atoms with Crippen molar-refractivity contribution in [3.63, 3.8) is 0 Å². The summed E-state index contributed by atoms with van der Waals surface area (Å²) in [5.74, 6) is 0.430. The number of halogens is 2. The van der Waals surface area contributed by atoms with Crippen molar-refractivity contribution in [3.05, 3.63) is 23.5 Å². The highest BCUT2D eigenvalue weighted by Gasteiger charge is 2.10. The lowest BCUT2D eigenvalue weighted by atomic mass is 10.2. The lowest BCUT2D eigenvalue weighted by molar-refractivity contribution is 0.0808. The molecule has 0 radical (unpaired) electrons. The Morgan fingerprint density at radius 2 is 2.06 bits per heavy atom. The van der Waals surface area contributed by atoms with E-state index in [0.717, 1.165) is 5.69 Å². The summed E-state index contributed by atoms with van der Waals surface area (Å²) in [6, 6.07) is 3.43. The van der Waals surface area contributed by atoms with Crippen LogP contribution in [0.15, 0.2) is 12.1 Å². The number of pyridine rings is 1. The minimum atomic E-state index is -2.46. The Labute approximate surface area is 94.0 Å². The Morgan fingerprint density at radius 1 is 1.38 bits per heavy atom. The molecule has 0 aliphatic heterocycles. The predicted molar refractivity (Wildman–Crippen MR) is 57.9 cm³/mol. The van der Waals surface area contributed by atoms with Gasteiger partial charge in [0.2, 0.25) is 0 Å². The van der Waals surface area contributed by atoms with Gasteiger partial charge in [-0.25, -0.2) is 8.78 Å². The zero-order chi connectivity index (χ0) is 12.1. The van der Waals surface area contributed by atoms with Gasteiger partial charge in [-0.05, 0) is 33.2 Å². The summed E-state index contributed by atoms with van der Waals surface area (Å²) >= 11 is 0. The Morgan fingerprint density at radius 3 is 2.62 bits per heavy atom. The van der Waals surface area contributed by atoms with Crippen LogP contribution in [0.1, 0.15) is 11.4 Å². The zero-order valence-corrected chi connectivity index (χ0v) is 9.70. The van der Waals surface area contributed by atoms with E-state index in [-0.39, 0.29) is 0 Å². The summed E-state index contributed by atoms with van der Waals surface area (Å²) in [6.07, 6.45) is -2.46. The second-order valence-electron chi connectivity index (χ2n) is 3.84. The summed E-state index contributed by atoms with van der Waals surface area (Å²) in [5.41, 5.74) is 1.53. The molecule has 0 saturated carbocycles. The zero-order valence-electron chi connectivity index (χ0n) is 9.70. The van der Waals surface area contributed by atoms with Crippen LogP contribution in [0.3, 0.4) is 0 Å². The largest absolute Gasteiger partial charge is 0.486 e. The lowest BCUT2D eigenvalue weighted by Crippen LogP contribution is -2.15. The number of aryl methyl sites for hydroxylation is 1. The fraction of sp³-hybridized carbons (Fsp3) is 0.545. The third-order valence-electron chi connectivity index (χ3n) is 1.90. The summed E-state index contributed by atoms with van der Waals surface area (Å²) in [4.78, 5) is 6.19. The third kappa shape index (κ3) is 4.10. The van der Waals surface area contributed by atoms with Crippen molar-refractivity contribution in [2.75, 3.05) is 20.7 Å². The van der Waals surface area contributed by atoms with Crippen LogP contribution in [-0.4, -0.2) is 37.0 Å². The molecule has 0 bridgehead atoms. The SMILES string of the molecule is Cc1ccc(OCC(F)F)c(CN(C)C)n1. The van der Waals surface area contributed by atoms with Gasteiger partial charge in [0.05, 0.1) is 5.69 Å². The molecule has 0 unspecified atom stereocenters. The molecular formula is C11H16F2N2O. The fourth-order valence-electron chi connectivity index (χ4n) is 1.29. The second kappa shape index (κ2) is 5.75. The number of ether oxygens (including phenoxy) is 1. The molecule has 0 amide bonds. The molecule has 0 fully saturated rings. The highest BCUT2D eigenvalue weighted by Crippen LogP contribution is 2.18. The first kappa shape index (κ1) is 12.8. The monoisotopic (exact) mass is 230 g/mol. The summed E-state index contributed by atoms with van der Waals surface area (Å²) < 4.78 is 29.1. The first-order valence-corrected chi connectivity index (χ1v) is 5.01. The van der Waals surface area contributed by atoms with E-state index in [4.69, 9.17) is 4.74 Å². The Bertz CT molecular complexity index is 343. The smallest absolute Gasteiger partial charge is 0.272 e. The van der Waals surface area contributed by atoms with E-state index in [0.29, 0.717) is 18.0 Å². The summed E-state index contributed by atoms with van der Waals surface area (Å²) in [5, 5.41) is 0. The molecule has 0 aromatic carbocycles. The molecule has 16 heavy (non-hydrogen) atoms. The van der Waals surface area contributed by atoms with Crippen molar-refractivity contribution in [1.82, 2.24) is 9.88 Å². The van der Waals surface area contributed by atoms with Crippen molar-refractivity contribution in [2.24, 2.45) is 0 Å². The van der Waals surface area contributed by atoms with E-state index < -0.39 is 13.0 Å². The molecule has 1 rings (SSSR count). The molecular weight excluding hydrogens is 214 g/mol. The van der Waals surface area contributed by atoms with Crippen LogP contribution in [0.5, 0.6) is 5.75 Å². The second-order valence-corrected chi connectivity index (χ2v) is 3.84. The maximum atomic E-state index is 12.0. The van der Waals surface area contributed by atoms with Crippen molar-refractivity contribution in [1.29, 1.82) is 0 Å². The van der Waals surface area contributed by atoms with Gasteiger partial charge in [0.15, 0.2) is 0 Å². The Balaban J connectivity index is 2.80. The van der Waals surface area contributed by atoms with Gasteiger partial charge in [0, 0.05) is 12.2 Å². The molecule has 0 spiro atoms. The predicted octanol–water partition coefficient (Wildman–Crippen LogP) is 2.10. The first-order chi connectivity index (χ1) is 7.49. The number of aromatic nitrogens is 1. The highest BCUT2D eigenvalue weighted by atomic mass is 19.3. The van der Waals surface area contributed by atoms with Crippen molar-refractivity contribution < 1.29 is 13.5 Å². The van der Waals surface area contributed by atoms with Gasteiger partial charge in [-0.15, -0.1) is 0 Å². The van der Waals surface area contributed by atoms with E-state index in [2.05, 4.69) is 4.98 Å². The average Bonchev–Trinajstić information content (AvgIpc) is 2.15. The number of hydrogen-bond acceptors (Lipinski definition) is 3. The van der Waals surface area contributed by atoms with Gasteiger partial charge in [-0.2, -0.15) is 0 Å². The molecule has 0 saturated heterocycles. The van der Waals surface area contributed by atoms with E-state index in [9.17, 15) is 8.78 Å². The molecule has 1 aromatic rings. The molecule has 0 atom stereocenters. The van der Waals surface area contributed by atoms with E-state index in [1.165, 1.54) is 0 Å². The maximum Gasteiger partial charge on any atom is 0.272 e. The molecule has 90 valence electrons. The molecule has 0 aliphatic rings. The van der Waals surface area contributed by atoms with Crippen LogP contribution in [0.2, 0.25) is 0 Å². The minimum absolute atomic E-state index is 0.430. The van der Waals surface area contributed by atoms with Crippen LogP contribution in [0, 0.1) is 6.92 Å². The third-order valence-corrected chi connectivity index (χ3v) is 1.90. The van der Waals surface area contributed by atoms with Gasteiger partial charge in [0.1, 0.15) is 12.4 Å². The minimum Gasteiger partial charge on any atom is -0.486 e. The first-order valence-electron chi connectivity index (χ1n) is 5.01. The average molecular weight is 230 g/mol. The fourth-order valence-corrected chi connectivity index (χ4v) is 1.29. The van der Waals surface area contributed by atoms with Gasteiger partial charge < -0.3 is 9.64 Å². The van der Waals surface area contributed by atoms with Gasteiger partial charge in [0.25, 0.3) is 6.43 Å². The van der Waals surface area contributed by atoms with Crippen LogP contribution in [0.4, 0.5) is 8.78 Å². The van der Waals surface area contributed by atoms with Crippen molar-refractivity contribution >= 4 is 0 Å².